The lowest BCUT2D eigenvalue weighted by Gasteiger charge is -2.30. The minimum Gasteiger partial charge on any atom is -0.389 e. The summed E-state index contributed by atoms with van der Waals surface area (Å²) < 4.78 is 0. The van der Waals surface area contributed by atoms with E-state index in [2.05, 4.69) is 6.58 Å². The molecule has 0 fully saturated rings. The highest BCUT2D eigenvalue weighted by Crippen LogP contribution is 2.06. The maximum absolute atomic E-state index is 12.1. The third-order valence-corrected chi connectivity index (χ3v) is 2.61. The number of hydrogen-bond acceptors (Lipinski definition) is 3. The van der Waals surface area contributed by atoms with Crippen molar-refractivity contribution >= 4 is 5.91 Å². The molecule has 0 aliphatic heterocycles. The zero-order valence-corrected chi connectivity index (χ0v) is 12.5. The second-order valence-corrected chi connectivity index (χ2v) is 5.48. The van der Waals surface area contributed by atoms with Crippen LogP contribution in [0.4, 0.5) is 0 Å². The number of nitrogens with zero attached hydrogens (tertiary/aromatic N) is 2. The summed E-state index contributed by atoms with van der Waals surface area (Å²) in [4.78, 5) is 15.9. The molecule has 4 heteroatoms. The van der Waals surface area contributed by atoms with Gasteiger partial charge in [0.15, 0.2) is 0 Å². The van der Waals surface area contributed by atoms with Gasteiger partial charge >= 0.3 is 0 Å². The zero-order valence-electron chi connectivity index (χ0n) is 12.5. The van der Waals surface area contributed by atoms with E-state index < -0.39 is 5.60 Å². The van der Waals surface area contributed by atoms with Crippen molar-refractivity contribution in [1.82, 2.24) is 9.80 Å². The lowest BCUT2D eigenvalue weighted by molar-refractivity contribution is -0.132. The highest BCUT2D eigenvalue weighted by Gasteiger charge is 2.21. The Morgan fingerprint density at radius 3 is 2.11 bits per heavy atom. The van der Waals surface area contributed by atoms with Crippen molar-refractivity contribution in [3.63, 3.8) is 0 Å². The van der Waals surface area contributed by atoms with E-state index in [9.17, 15) is 9.90 Å². The number of aliphatic hydroxyl groups is 1. The molecule has 0 radical (unpaired) electrons. The minimum atomic E-state index is -0.776. The Bertz CT molecular complexity index is 282. The van der Waals surface area contributed by atoms with Gasteiger partial charge in [0.05, 0.1) is 12.1 Å². The number of amides is 1. The Labute approximate surface area is 111 Å². The first-order valence-corrected chi connectivity index (χ1v) is 6.56. The van der Waals surface area contributed by atoms with Crippen molar-refractivity contribution in [3.8, 4) is 0 Å². The molecule has 1 amide bonds. The molecule has 4 nitrogen and oxygen atoms in total. The van der Waals surface area contributed by atoms with Crippen LogP contribution < -0.4 is 0 Å². The van der Waals surface area contributed by atoms with Gasteiger partial charge in [-0.15, -0.1) is 0 Å². The topological polar surface area (TPSA) is 43.8 Å². The Balaban J connectivity index is 4.44. The molecule has 0 aliphatic rings. The van der Waals surface area contributed by atoms with Gasteiger partial charge in [0.2, 0.25) is 5.91 Å². The molecule has 106 valence electrons. The molecule has 0 heterocycles. The summed E-state index contributed by atoms with van der Waals surface area (Å²) in [6.07, 6.45) is 0. The average Bonchev–Trinajstić information content (AvgIpc) is 2.22. The van der Waals surface area contributed by atoms with Gasteiger partial charge in [-0.1, -0.05) is 19.1 Å². The van der Waals surface area contributed by atoms with Crippen LogP contribution in [0.5, 0.6) is 0 Å². The van der Waals surface area contributed by atoms with Crippen molar-refractivity contribution in [3.05, 3.63) is 12.2 Å². The Hall–Kier alpha value is -0.870. The van der Waals surface area contributed by atoms with Crippen molar-refractivity contribution < 1.29 is 9.90 Å². The van der Waals surface area contributed by atoms with Gasteiger partial charge in [0.25, 0.3) is 0 Å². The maximum atomic E-state index is 12.1. The third-order valence-electron chi connectivity index (χ3n) is 2.61. The predicted molar refractivity (Wildman–Crippen MR) is 75.5 cm³/mol. The Morgan fingerprint density at radius 2 is 1.78 bits per heavy atom. The summed E-state index contributed by atoms with van der Waals surface area (Å²) in [7, 11) is 0. The van der Waals surface area contributed by atoms with Crippen LogP contribution in [-0.4, -0.2) is 59.1 Å². The van der Waals surface area contributed by atoms with Gasteiger partial charge in [-0.2, -0.15) is 0 Å². The maximum Gasteiger partial charge on any atom is 0.237 e. The van der Waals surface area contributed by atoms with Crippen LogP contribution in [0.25, 0.3) is 0 Å². The normalized spacial score (nSPS) is 11.7. The van der Waals surface area contributed by atoms with Gasteiger partial charge in [0.1, 0.15) is 0 Å². The van der Waals surface area contributed by atoms with Gasteiger partial charge < -0.3 is 10.0 Å². The standard InChI is InChI=1S/C14H28N2O2/c1-7-15(11-14(5,6)18)10-13(17)16(8-2)9-12(3)4/h18H,3,7-11H2,1-2,4-6H3. The molecule has 18 heavy (non-hydrogen) atoms. The number of carbonyl (C=O) groups excluding carboxylic acids is 1. The fraction of sp³-hybridized carbons (Fsp3) is 0.786. The highest BCUT2D eigenvalue weighted by atomic mass is 16.3. The van der Waals surface area contributed by atoms with Gasteiger partial charge in [0, 0.05) is 19.6 Å². The van der Waals surface area contributed by atoms with E-state index in [1.807, 2.05) is 25.7 Å². The van der Waals surface area contributed by atoms with E-state index in [1.54, 1.807) is 18.7 Å². The average molecular weight is 256 g/mol. The molecular weight excluding hydrogens is 228 g/mol. The fourth-order valence-corrected chi connectivity index (χ4v) is 1.82. The van der Waals surface area contributed by atoms with Crippen LogP contribution in [0, 0.1) is 0 Å². The van der Waals surface area contributed by atoms with Gasteiger partial charge in [-0.25, -0.2) is 0 Å². The third kappa shape index (κ3) is 7.45. The summed E-state index contributed by atoms with van der Waals surface area (Å²) in [5.41, 5.74) is 0.206. The summed E-state index contributed by atoms with van der Waals surface area (Å²) in [6, 6.07) is 0. The molecule has 0 bridgehead atoms. The second-order valence-electron chi connectivity index (χ2n) is 5.48. The van der Waals surface area contributed by atoms with E-state index in [0.717, 1.165) is 12.1 Å². The van der Waals surface area contributed by atoms with Crippen LogP contribution >= 0.6 is 0 Å². The molecule has 0 aromatic rings. The number of hydrogen-bond donors (Lipinski definition) is 1. The quantitative estimate of drug-likeness (QED) is 0.669. The SMILES string of the molecule is C=C(C)CN(CC)C(=O)CN(CC)CC(C)(C)O. The monoisotopic (exact) mass is 256 g/mol. The lowest BCUT2D eigenvalue weighted by atomic mass is 10.1. The van der Waals surface area contributed by atoms with E-state index >= 15 is 0 Å². The smallest absolute Gasteiger partial charge is 0.237 e. The summed E-state index contributed by atoms with van der Waals surface area (Å²) in [6.45, 7) is 16.1. The Morgan fingerprint density at radius 1 is 1.22 bits per heavy atom. The van der Waals surface area contributed by atoms with Crippen molar-refractivity contribution in [2.75, 3.05) is 32.7 Å². The lowest BCUT2D eigenvalue weighted by Crippen LogP contribution is -2.45. The van der Waals surface area contributed by atoms with Crippen LogP contribution in [0.2, 0.25) is 0 Å². The van der Waals surface area contributed by atoms with Crippen molar-refractivity contribution in [1.29, 1.82) is 0 Å². The van der Waals surface area contributed by atoms with Crippen LogP contribution in [-0.2, 0) is 4.79 Å². The van der Waals surface area contributed by atoms with E-state index in [4.69, 9.17) is 0 Å². The molecule has 0 saturated carbocycles. The number of likely N-dealkylation sites (N-methyl/N-ethyl adjacent to an activating group) is 2. The van der Waals surface area contributed by atoms with E-state index in [1.165, 1.54) is 0 Å². The Kier molecular flexibility index (Phi) is 7.18. The fourth-order valence-electron chi connectivity index (χ4n) is 1.82. The van der Waals surface area contributed by atoms with Crippen LogP contribution in [0.3, 0.4) is 0 Å². The van der Waals surface area contributed by atoms with Crippen molar-refractivity contribution in [2.45, 2.75) is 40.2 Å². The van der Waals surface area contributed by atoms with Crippen LogP contribution in [0.15, 0.2) is 12.2 Å². The van der Waals surface area contributed by atoms with E-state index in [-0.39, 0.29) is 5.91 Å². The molecule has 0 aromatic carbocycles. The second kappa shape index (κ2) is 7.54. The van der Waals surface area contributed by atoms with E-state index in [0.29, 0.717) is 26.2 Å². The van der Waals surface area contributed by atoms with Gasteiger partial charge in [-0.05, 0) is 34.2 Å². The molecule has 0 spiro atoms. The number of rotatable bonds is 8. The van der Waals surface area contributed by atoms with Crippen molar-refractivity contribution in [2.24, 2.45) is 0 Å². The molecule has 1 N–H and O–H groups in total. The van der Waals surface area contributed by atoms with Crippen LogP contribution in [0.1, 0.15) is 34.6 Å². The zero-order chi connectivity index (χ0) is 14.3. The molecule has 0 unspecified atom stereocenters. The van der Waals surface area contributed by atoms with Gasteiger partial charge in [-0.3, -0.25) is 9.69 Å². The number of carbonyl (C=O) groups is 1. The first-order chi connectivity index (χ1) is 8.19. The molecule has 0 atom stereocenters. The molecule has 0 aliphatic carbocycles. The summed E-state index contributed by atoms with van der Waals surface area (Å²) >= 11 is 0. The molecule has 0 rings (SSSR count). The molecule has 0 aromatic heterocycles. The molecular formula is C14H28N2O2. The summed E-state index contributed by atoms with van der Waals surface area (Å²) in [5, 5.41) is 9.79. The highest BCUT2D eigenvalue weighted by molar-refractivity contribution is 5.78. The largest absolute Gasteiger partial charge is 0.389 e. The first-order valence-electron chi connectivity index (χ1n) is 6.56. The minimum absolute atomic E-state index is 0.0894. The first kappa shape index (κ1) is 17.1. The predicted octanol–water partition coefficient (Wildman–Crippen LogP) is 1.50. The molecule has 0 saturated heterocycles. The summed E-state index contributed by atoms with van der Waals surface area (Å²) in [5.74, 6) is 0.0894.